The van der Waals surface area contributed by atoms with Crippen LogP contribution in [0.25, 0.3) is 22.2 Å². The summed E-state index contributed by atoms with van der Waals surface area (Å²) in [5.41, 5.74) is 2.04. The number of hydrogen-bond acceptors (Lipinski definition) is 5. The van der Waals surface area contributed by atoms with Gasteiger partial charge in [-0.1, -0.05) is 11.6 Å². The third-order valence-electron chi connectivity index (χ3n) is 3.85. The van der Waals surface area contributed by atoms with E-state index in [1.165, 1.54) is 7.11 Å². The van der Waals surface area contributed by atoms with Gasteiger partial charge in [-0.05, 0) is 19.9 Å². The molecular formula is C17H16ClN3O3. The minimum Gasteiger partial charge on any atom is -0.496 e. The highest BCUT2D eigenvalue weighted by atomic mass is 35.5. The summed E-state index contributed by atoms with van der Waals surface area (Å²) in [4.78, 5) is 23.6. The zero-order chi connectivity index (χ0) is 17.4. The number of aromatic nitrogens is 3. The van der Waals surface area contributed by atoms with Gasteiger partial charge in [0.05, 0.1) is 24.9 Å². The average molecular weight is 346 g/mol. The van der Waals surface area contributed by atoms with E-state index < -0.39 is 0 Å². The lowest BCUT2D eigenvalue weighted by Crippen LogP contribution is -2.11. The summed E-state index contributed by atoms with van der Waals surface area (Å²) in [6.45, 7) is 3.61. The number of nitrogens with one attached hydrogen (secondary N) is 1. The first kappa shape index (κ1) is 16.3. The van der Waals surface area contributed by atoms with Crippen molar-refractivity contribution in [3.05, 3.63) is 45.1 Å². The monoisotopic (exact) mass is 345 g/mol. The minimum absolute atomic E-state index is 0.301. The van der Waals surface area contributed by atoms with Gasteiger partial charge in [-0.15, -0.1) is 0 Å². The molecular weight excluding hydrogens is 330 g/mol. The summed E-state index contributed by atoms with van der Waals surface area (Å²) in [5, 5.41) is 1.04. The van der Waals surface area contributed by atoms with Gasteiger partial charge in [0.2, 0.25) is 0 Å². The molecule has 3 aromatic rings. The van der Waals surface area contributed by atoms with Crippen molar-refractivity contribution in [2.45, 2.75) is 13.8 Å². The molecule has 0 aliphatic carbocycles. The lowest BCUT2D eigenvalue weighted by Gasteiger charge is -2.16. The Hall–Kier alpha value is -2.60. The molecule has 0 unspecified atom stereocenters. The lowest BCUT2D eigenvalue weighted by molar-refractivity contribution is 0.393. The maximum atomic E-state index is 12.4. The summed E-state index contributed by atoms with van der Waals surface area (Å²) in [6, 6.07) is 3.51. The maximum absolute atomic E-state index is 12.4. The maximum Gasteiger partial charge on any atom is 0.275 e. The van der Waals surface area contributed by atoms with E-state index in [9.17, 15) is 4.79 Å². The van der Waals surface area contributed by atoms with Crippen LogP contribution in [0.2, 0.25) is 5.02 Å². The van der Waals surface area contributed by atoms with E-state index in [2.05, 4.69) is 15.0 Å². The zero-order valence-corrected chi connectivity index (χ0v) is 14.5. The second-order valence-electron chi connectivity index (χ2n) is 5.33. The molecule has 0 aliphatic heterocycles. The molecule has 0 atom stereocenters. The summed E-state index contributed by atoms with van der Waals surface area (Å²) >= 11 is 6.47. The predicted octanol–water partition coefficient (Wildman–Crippen LogP) is 3.27. The van der Waals surface area contributed by atoms with Crippen LogP contribution in [-0.4, -0.2) is 29.2 Å². The van der Waals surface area contributed by atoms with E-state index in [-0.39, 0.29) is 5.56 Å². The molecule has 0 saturated carbocycles. The molecule has 124 valence electrons. The molecule has 2 aromatic heterocycles. The molecule has 0 fully saturated rings. The molecule has 1 N–H and O–H groups in total. The van der Waals surface area contributed by atoms with Gasteiger partial charge in [-0.2, -0.15) is 0 Å². The van der Waals surface area contributed by atoms with Gasteiger partial charge in [0, 0.05) is 28.8 Å². The van der Waals surface area contributed by atoms with E-state index in [0.29, 0.717) is 44.5 Å². The van der Waals surface area contributed by atoms with Gasteiger partial charge in [0.25, 0.3) is 5.56 Å². The number of benzene rings is 1. The number of aryl methyl sites for hydroxylation is 1. The van der Waals surface area contributed by atoms with E-state index in [1.807, 2.05) is 6.92 Å². The smallest absolute Gasteiger partial charge is 0.275 e. The number of ether oxygens (including phenoxy) is 2. The van der Waals surface area contributed by atoms with Crippen LogP contribution in [0.3, 0.4) is 0 Å². The first-order chi connectivity index (χ1) is 11.5. The standard InChI is InChI=1S/C17H16ClN3O3/c1-8-12(23-3)6-13(24-4)15(18)14(8)11-5-10-7-19-9(2)20-16(10)17(22)21-11/h5-7H,1-4H3,(H,21,22). The second-order valence-corrected chi connectivity index (χ2v) is 5.71. The van der Waals surface area contributed by atoms with E-state index in [0.717, 1.165) is 5.56 Å². The number of halogens is 1. The normalized spacial score (nSPS) is 10.9. The highest BCUT2D eigenvalue weighted by molar-refractivity contribution is 6.35. The largest absolute Gasteiger partial charge is 0.496 e. The fraction of sp³-hybridized carbons (Fsp3) is 0.235. The van der Waals surface area contributed by atoms with Crippen molar-refractivity contribution in [2.24, 2.45) is 0 Å². The topological polar surface area (TPSA) is 77.1 Å². The van der Waals surface area contributed by atoms with Crippen LogP contribution >= 0.6 is 11.6 Å². The minimum atomic E-state index is -0.301. The third-order valence-corrected chi connectivity index (χ3v) is 4.23. The van der Waals surface area contributed by atoms with Crippen molar-refractivity contribution in [3.8, 4) is 22.8 Å². The molecule has 7 heteroatoms. The van der Waals surface area contributed by atoms with Gasteiger partial charge < -0.3 is 14.5 Å². The van der Waals surface area contributed by atoms with Crippen LogP contribution in [-0.2, 0) is 0 Å². The number of fused-ring (bicyclic) bond motifs is 1. The van der Waals surface area contributed by atoms with Gasteiger partial charge >= 0.3 is 0 Å². The summed E-state index contributed by atoms with van der Waals surface area (Å²) in [6.07, 6.45) is 1.62. The number of pyridine rings is 1. The first-order valence-corrected chi connectivity index (χ1v) is 7.62. The van der Waals surface area contributed by atoms with Crippen LogP contribution in [0.1, 0.15) is 11.4 Å². The van der Waals surface area contributed by atoms with E-state index >= 15 is 0 Å². The number of hydrogen-bond donors (Lipinski definition) is 1. The molecule has 0 bridgehead atoms. The average Bonchev–Trinajstić information content (AvgIpc) is 2.56. The molecule has 0 spiro atoms. The number of H-pyrrole nitrogens is 1. The lowest BCUT2D eigenvalue weighted by atomic mass is 10.0. The van der Waals surface area contributed by atoms with Crippen LogP contribution in [0.4, 0.5) is 0 Å². The van der Waals surface area contributed by atoms with Gasteiger partial charge in [-0.3, -0.25) is 4.79 Å². The molecule has 3 rings (SSSR count). The SMILES string of the molecule is COc1cc(OC)c(Cl)c(-c2cc3cnc(C)nc3c(=O)[nH]2)c1C. The molecule has 2 heterocycles. The van der Waals surface area contributed by atoms with Crippen molar-refractivity contribution >= 4 is 22.5 Å². The van der Waals surface area contributed by atoms with Crippen molar-refractivity contribution in [1.82, 2.24) is 15.0 Å². The van der Waals surface area contributed by atoms with Crippen LogP contribution in [0, 0.1) is 13.8 Å². The number of methoxy groups -OCH3 is 2. The highest BCUT2D eigenvalue weighted by Crippen LogP contribution is 2.42. The summed E-state index contributed by atoms with van der Waals surface area (Å²) in [7, 11) is 3.10. The van der Waals surface area contributed by atoms with Crippen LogP contribution in [0.5, 0.6) is 11.5 Å². The Morgan fingerprint density at radius 2 is 1.83 bits per heavy atom. The summed E-state index contributed by atoms with van der Waals surface area (Å²) < 4.78 is 10.7. The van der Waals surface area contributed by atoms with Crippen molar-refractivity contribution < 1.29 is 9.47 Å². The fourth-order valence-electron chi connectivity index (χ4n) is 2.66. The van der Waals surface area contributed by atoms with E-state index in [4.69, 9.17) is 21.1 Å². The first-order valence-electron chi connectivity index (χ1n) is 7.24. The molecule has 24 heavy (non-hydrogen) atoms. The Morgan fingerprint density at radius 3 is 2.50 bits per heavy atom. The van der Waals surface area contributed by atoms with Crippen LogP contribution < -0.4 is 15.0 Å². The van der Waals surface area contributed by atoms with Crippen molar-refractivity contribution in [1.29, 1.82) is 0 Å². The van der Waals surface area contributed by atoms with Gasteiger partial charge in [0.1, 0.15) is 22.8 Å². The molecule has 0 amide bonds. The molecule has 0 aliphatic rings. The number of rotatable bonds is 3. The Kier molecular flexibility index (Phi) is 4.15. The Bertz CT molecular complexity index is 970. The quantitative estimate of drug-likeness (QED) is 0.788. The number of nitrogens with zero attached hydrogens (tertiary/aromatic N) is 2. The Balaban J connectivity index is 2.35. The van der Waals surface area contributed by atoms with Crippen molar-refractivity contribution in [2.75, 3.05) is 14.2 Å². The van der Waals surface area contributed by atoms with Gasteiger partial charge in [-0.25, -0.2) is 9.97 Å². The second kappa shape index (κ2) is 6.13. The highest BCUT2D eigenvalue weighted by Gasteiger charge is 2.18. The van der Waals surface area contributed by atoms with E-state index in [1.54, 1.807) is 32.4 Å². The Labute approximate surface area is 143 Å². The molecule has 0 radical (unpaired) electrons. The molecule has 6 nitrogen and oxygen atoms in total. The predicted molar refractivity (Wildman–Crippen MR) is 93.2 cm³/mol. The molecule has 0 saturated heterocycles. The Morgan fingerprint density at radius 1 is 1.12 bits per heavy atom. The van der Waals surface area contributed by atoms with Gasteiger partial charge in [0.15, 0.2) is 0 Å². The van der Waals surface area contributed by atoms with Crippen LogP contribution in [0.15, 0.2) is 23.1 Å². The van der Waals surface area contributed by atoms with Crippen molar-refractivity contribution in [3.63, 3.8) is 0 Å². The fourth-order valence-corrected chi connectivity index (χ4v) is 3.03. The number of aromatic amines is 1. The molecule has 1 aromatic carbocycles. The summed E-state index contributed by atoms with van der Waals surface area (Å²) in [5.74, 6) is 1.63. The third kappa shape index (κ3) is 2.59. The zero-order valence-electron chi connectivity index (χ0n) is 13.7.